The lowest BCUT2D eigenvalue weighted by molar-refractivity contribution is -0.155. The number of benzene rings is 1. The van der Waals surface area contributed by atoms with Crippen LogP contribution in [-0.4, -0.2) is 69.0 Å². The minimum Gasteiger partial charge on any atom is -0.460 e. The van der Waals surface area contributed by atoms with Crippen LogP contribution in [0.5, 0.6) is 0 Å². The molecule has 1 aliphatic rings. The quantitative estimate of drug-likeness (QED) is 0.192. The van der Waals surface area contributed by atoms with E-state index in [2.05, 4.69) is 15.6 Å². The number of hydrogen-bond acceptors (Lipinski definition) is 8. The molecule has 4 atom stereocenters. The Morgan fingerprint density at radius 1 is 1.00 bits per heavy atom. The van der Waals surface area contributed by atoms with Crippen LogP contribution in [0, 0.1) is 12.3 Å². The first-order valence-electron chi connectivity index (χ1n) is 16.3. The van der Waals surface area contributed by atoms with Gasteiger partial charge in [0.1, 0.15) is 17.7 Å². The number of nitrogens with one attached hydrogen (secondary N) is 2. The normalized spacial score (nSPS) is 18.2. The number of esters is 1. The molecular weight excluding hydrogens is 604 g/mol. The number of carbonyl (C=O) groups is 4. The van der Waals surface area contributed by atoms with Crippen molar-refractivity contribution in [2.75, 3.05) is 6.54 Å². The number of β-amino-alcohol motifs (C(OH)–C–C–N with tert-alkyl or cyclic N) is 1. The molecule has 1 aromatic carbocycles. The molecule has 3 N–H and O–H groups in total. The molecule has 10 nitrogen and oxygen atoms in total. The van der Waals surface area contributed by atoms with Crippen LogP contribution in [0.15, 0.2) is 29.8 Å². The van der Waals surface area contributed by atoms with E-state index < -0.39 is 29.2 Å². The zero-order valence-electron chi connectivity index (χ0n) is 28.6. The molecule has 2 heterocycles. The number of hydrogen-bond donors (Lipinski definition) is 3. The number of thiazole rings is 1. The zero-order valence-corrected chi connectivity index (χ0v) is 29.5. The van der Waals surface area contributed by atoms with Gasteiger partial charge in [0.25, 0.3) is 0 Å². The summed E-state index contributed by atoms with van der Waals surface area (Å²) < 4.78 is 5.33. The Morgan fingerprint density at radius 2 is 1.63 bits per heavy atom. The highest BCUT2D eigenvalue weighted by Crippen LogP contribution is 2.29. The molecule has 2 unspecified atom stereocenters. The highest BCUT2D eigenvalue weighted by atomic mass is 32.1. The fraction of sp³-hybridized carbons (Fsp3) is 0.629. The van der Waals surface area contributed by atoms with Crippen molar-refractivity contribution in [2.24, 2.45) is 5.41 Å². The maximum Gasteiger partial charge on any atom is 0.306 e. The Balaban J connectivity index is 1.55. The van der Waals surface area contributed by atoms with E-state index >= 15 is 0 Å². The lowest BCUT2D eigenvalue weighted by Gasteiger charge is -2.35. The Morgan fingerprint density at radius 3 is 2.20 bits per heavy atom. The zero-order chi connectivity index (χ0) is 34.2. The Hall–Kier alpha value is -3.31. The van der Waals surface area contributed by atoms with Gasteiger partial charge in [-0.05, 0) is 64.0 Å². The minimum atomic E-state index is -0.868. The molecule has 1 fully saturated rings. The van der Waals surface area contributed by atoms with Gasteiger partial charge in [0.15, 0.2) is 0 Å². The minimum absolute atomic E-state index is 0.0221. The third-order valence-electron chi connectivity index (χ3n) is 8.01. The van der Waals surface area contributed by atoms with Crippen LogP contribution in [0.3, 0.4) is 0 Å². The Bertz CT molecular complexity index is 1340. The van der Waals surface area contributed by atoms with E-state index in [0.717, 1.165) is 34.5 Å². The first-order chi connectivity index (χ1) is 21.5. The van der Waals surface area contributed by atoms with E-state index in [9.17, 15) is 24.3 Å². The summed E-state index contributed by atoms with van der Waals surface area (Å²) in [5.74, 6) is -1.19. The van der Waals surface area contributed by atoms with Gasteiger partial charge in [-0.15, -0.1) is 11.3 Å². The predicted molar refractivity (Wildman–Crippen MR) is 180 cm³/mol. The van der Waals surface area contributed by atoms with Crippen molar-refractivity contribution in [3.8, 4) is 10.4 Å². The van der Waals surface area contributed by atoms with Crippen molar-refractivity contribution in [3.05, 3.63) is 41.0 Å². The van der Waals surface area contributed by atoms with Gasteiger partial charge in [0.05, 0.1) is 28.2 Å². The molecule has 1 aromatic heterocycles. The van der Waals surface area contributed by atoms with Crippen molar-refractivity contribution in [3.63, 3.8) is 0 Å². The van der Waals surface area contributed by atoms with Gasteiger partial charge in [0.2, 0.25) is 17.7 Å². The first kappa shape index (κ1) is 37.2. The monoisotopic (exact) mass is 656 g/mol. The average Bonchev–Trinajstić information content (AvgIpc) is 3.57. The van der Waals surface area contributed by atoms with Gasteiger partial charge >= 0.3 is 5.97 Å². The summed E-state index contributed by atoms with van der Waals surface area (Å²) >= 11 is 1.58. The predicted octanol–water partition coefficient (Wildman–Crippen LogP) is 5.47. The SMILES string of the molecule is Cc1ncsc1-c1ccc(C(C)NC(=O)[C@@H]2C[C@@H](O)CN2C(=O)C(NC(=O)CCCCCCC(=O)OC(C)(C)C)C(C)(C)C)cc1. The fourth-order valence-corrected chi connectivity index (χ4v) is 6.36. The standard InChI is InChI=1S/C35H52N4O6S/c1-22(24-15-17-25(18-16-24)30-23(2)36-21-46-30)37-32(43)27-19-26(40)20-39(27)33(44)31(34(3,4)5)38-28(41)13-11-9-10-12-14-29(42)45-35(6,7)8/h15-18,21-22,26-27,31,40H,9-14,19-20H2,1-8H3,(H,37,43)(H,38,41)/t22?,26-,27+,31?/m1/s1. The number of aromatic nitrogens is 1. The number of aliphatic hydroxyl groups is 1. The van der Waals surface area contributed by atoms with Gasteiger partial charge < -0.3 is 25.4 Å². The summed E-state index contributed by atoms with van der Waals surface area (Å²) in [6, 6.07) is 5.92. The second-order valence-corrected chi connectivity index (χ2v) is 15.2. The van der Waals surface area contributed by atoms with E-state index in [4.69, 9.17) is 4.74 Å². The molecule has 3 rings (SSSR count). The van der Waals surface area contributed by atoms with Crippen molar-refractivity contribution in [2.45, 2.75) is 130 Å². The summed E-state index contributed by atoms with van der Waals surface area (Å²) in [7, 11) is 0. The summed E-state index contributed by atoms with van der Waals surface area (Å²) in [6.07, 6.45) is 2.77. The molecule has 3 amide bonds. The number of aryl methyl sites for hydroxylation is 1. The summed E-state index contributed by atoms with van der Waals surface area (Å²) in [4.78, 5) is 59.0. The molecule has 0 saturated carbocycles. The smallest absolute Gasteiger partial charge is 0.306 e. The van der Waals surface area contributed by atoms with Crippen LogP contribution >= 0.6 is 11.3 Å². The van der Waals surface area contributed by atoms with Gasteiger partial charge in [-0.25, -0.2) is 4.98 Å². The molecule has 1 saturated heterocycles. The molecule has 0 spiro atoms. The third kappa shape index (κ3) is 10.9. The molecule has 0 aliphatic carbocycles. The van der Waals surface area contributed by atoms with Crippen LogP contribution in [0.2, 0.25) is 0 Å². The van der Waals surface area contributed by atoms with Crippen molar-refractivity contribution in [1.29, 1.82) is 0 Å². The molecule has 2 aromatic rings. The summed E-state index contributed by atoms with van der Waals surface area (Å²) in [5, 5.41) is 16.4. The van der Waals surface area contributed by atoms with Crippen LogP contribution in [0.4, 0.5) is 0 Å². The van der Waals surface area contributed by atoms with Crippen LogP contribution in [-0.2, 0) is 23.9 Å². The van der Waals surface area contributed by atoms with E-state index in [1.807, 2.05) is 85.2 Å². The third-order valence-corrected chi connectivity index (χ3v) is 8.99. The molecule has 46 heavy (non-hydrogen) atoms. The Kier molecular flexibility index (Phi) is 12.9. The van der Waals surface area contributed by atoms with Crippen molar-refractivity contribution < 1.29 is 29.0 Å². The molecule has 1 aliphatic heterocycles. The van der Waals surface area contributed by atoms with E-state index in [1.54, 1.807) is 11.3 Å². The van der Waals surface area contributed by atoms with Crippen LogP contribution < -0.4 is 10.6 Å². The average molecular weight is 657 g/mol. The number of rotatable bonds is 13. The van der Waals surface area contributed by atoms with E-state index in [-0.39, 0.29) is 49.1 Å². The number of carbonyl (C=O) groups excluding carboxylic acids is 4. The number of aliphatic hydroxyl groups excluding tert-OH is 1. The van der Waals surface area contributed by atoms with Gasteiger partial charge in [0, 0.05) is 25.8 Å². The summed E-state index contributed by atoms with van der Waals surface area (Å²) in [6.45, 7) is 15.0. The maximum absolute atomic E-state index is 13.9. The first-order valence-corrected chi connectivity index (χ1v) is 17.1. The summed E-state index contributed by atoms with van der Waals surface area (Å²) in [5.41, 5.74) is 3.65. The molecule has 0 radical (unpaired) electrons. The van der Waals surface area contributed by atoms with Crippen LogP contribution in [0.1, 0.15) is 111 Å². The number of likely N-dealkylation sites (tertiary alicyclic amines) is 1. The second kappa shape index (κ2) is 16.0. The second-order valence-electron chi connectivity index (χ2n) is 14.4. The highest BCUT2D eigenvalue weighted by molar-refractivity contribution is 7.13. The van der Waals surface area contributed by atoms with E-state index in [0.29, 0.717) is 19.3 Å². The van der Waals surface area contributed by atoms with Crippen molar-refractivity contribution >= 4 is 35.0 Å². The highest BCUT2D eigenvalue weighted by Gasteiger charge is 2.44. The van der Waals surface area contributed by atoms with Crippen molar-refractivity contribution in [1.82, 2.24) is 20.5 Å². The van der Waals surface area contributed by atoms with Gasteiger partial charge in [-0.2, -0.15) is 0 Å². The molecule has 254 valence electrons. The molecular formula is C35H52N4O6S. The molecule has 0 bridgehead atoms. The number of ether oxygens (including phenoxy) is 1. The topological polar surface area (TPSA) is 138 Å². The molecule has 11 heteroatoms. The largest absolute Gasteiger partial charge is 0.460 e. The van der Waals surface area contributed by atoms with Gasteiger partial charge in [-0.1, -0.05) is 57.9 Å². The van der Waals surface area contributed by atoms with E-state index in [1.165, 1.54) is 4.90 Å². The number of nitrogens with zero attached hydrogens (tertiary/aromatic N) is 2. The maximum atomic E-state index is 13.9. The Labute approximate surface area is 277 Å². The lowest BCUT2D eigenvalue weighted by atomic mass is 9.85. The van der Waals surface area contributed by atoms with Gasteiger partial charge in [-0.3, -0.25) is 19.2 Å². The number of unbranched alkanes of at least 4 members (excludes halogenated alkanes) is 3. The van der Waals surface area contributed by atoms with Crippen LogP contribution in [0.25, 0.3) is 10.4 Å². The lowest BCUT2D eigenvalue weighted by Crippen LogP contribution is -2.57. The number of amides is 3. The fourth-order valence-electron chi connectivity index (χ4n) is 5.55.